The second-order valence-corrected chi connectivity index (χ2v) is 6.01. The van der Waals surface area contributed by atoms with E-state index in [1.54, 1.807) is 24.3 Å². The molecule has 6 nitrogen and oxygen atoms in total. The molecule has 2 heterocycles. The van der Waals surface area contributed by atoms with Gasteiger partial charge in [0.05, 0.1) is 18.3 Å². The van der Waals surface area contributed by atoms with Crippen molar-refractivity contribution in [2.45, 2.75) is 6.54 Å². The van der Waals surface area contributed by atoms with Crippen LogP contribution in [0.25, 0.3) is 11.0 Å². The number of fused-ring (bicyclic) bond motifs is 1. The topological polar surface area (TPSA) is 83.5 Å². The van der Waals surface area contributed by atoms with Gasteiger partial charge in [-0.1, -0.05) is 30.0 Å². The number of aromatic amines is 2. The van der Waals surface area contributed by atoms with Crippen LogP contribution in [-0.4, -0.2) is 19.7 Å². The number of hydrogen-bond donors (Lipinski definition) is 2. The summed E-state index contributed by atoms with van der Waals surface area (Å²) in [5.41, 5.74) is -0.791. The van der Waals surface area contributed by atoms with Gasteiger partial charge in [0, 0.05) is 16.7 Å². The Morgan fingerprint density at radius 3 is 2.39 bits per heavy atom. The van der Waals surface area contributed by atoms with E-state index < -0.39 is 35.0 Å². The minimum atomic E-state index is -0.895. The number of hydrogen-bond acceptors (Lipinski definition) is 3. The number of H-pyrrole nitrogens is 2. The number of nitrogens with zero attached hydrogens (tertiary/aromatic N) is 2. The van der Waals surface area contributed by atoms with Gasteiger partial charge >= 0.3 is 5.69 Å². The first-order chi connectivity index (χ1) is 13.5. The summed E-state index contributed by atoms with van der Waals surface area (Å²) in [5.74, 6) is 3.72. The summed E-state index contributed by atoms with van der Waals surface area (Å²) in [4.78, 5) is 26.9. The van der Waals surface area contributed by atoms with Gasteiger partial charge in [-0.05, 0) is 24.3 Å². The Morgan fingerprint density at radius 2 is 1.68 bits per heavy atom. The zero-order valence-corrected chi connectivity index (χ0v) is 14.3. The minimum absolute atomic E-state index is 0.0470. The maximum atomic E-state index is 14.5. The lowest BCUT2D eigenvalue weighted by molar-refractivity contribution is 0.536. The Labute approximate surface area is 156 Å². The molecule has 0 aliphatic carbocycles. The summed E-state index contributed by atoms with van der Waals surface area (Å²) in [6.45, 7) is -0.562. The average molecular weight is 378 g/mol. The molecular weight excluding hydrogens is 366 g/mol. The van der Waals surface area contributed by atoms with Crippen molar-refractivity contribution >= 4 is 11.0 Å². The van der Waals surface area contributed by atoms with Gasteiger partial charge in [-0.25, -0.2) is 13.6 Å². The van der Waals surface area contributed by atoms with Crippen molar-refractivity contribution in [3.63, 3.8) is 0 Å². The van der Waals surface area contributed by atoms with Crippen LogP contribution in [0, 0.1) is 23.5 Å². The van der Waals surface area contributed by atoms with E-state index in [2.05, 4.69) is 27.0 Å². The maximum absolute atomic E-state index is 14.5. The third kappa shape index (κ3) is 3.21. The van der Waals surface area contributed by atoms with E-state index >= 15 is 0 Å². The smallest absolute Gasteiger partial charge is 0.304 e. The Hall–Kier alpha value is -3.99. The summed E-state index contributed by atoms with van der Waals surface area (Å²) in [6, 6.07) is 11.1. The van der Waals surface area contributed by atoms with Gasteiger partial charge < -0.3 is 4.98 Å². The van der Waals surface area contributed by atoms with Crippen molar-refractivity contribution in [3.05, 3.63) is 97.8 Å². The van der Waals surface area contributed by atoms with Gasteiger partial charge in [-0.2, -0.15) is 5.10 Å². The Balaban J connectivity index is 1.72. The van der Waals surface area contributed by atoms with Crippen LogP contribution < -0.4 is 11.2 Å². The maximum Gasteiger partial charge on any atom is 0.329 e. The lowest BCUT2D eigenvalue weighted by atomic mass is 10.1. The van der Waals surface area contributed by atoms with Gasteiger partial charge in [0.2, 0.25) is 0 Å². The normalized spacial score (nSPS) is 10.6. The van der Waals surface area contributed by atoms with E-state index in [1.807, 2.05) is 6.07 Å². The molecule has 138 valence electrons. The first-order valence-corrected chi connectivity index (χ1v) is 8.24. The van der Waals surface area contributed by atoms with E-state index in [0.717, 1.165) is 12.1 Å². The molecule has 0 atom stereocenters. The molecule has 0 saturated carbocycles. The van der Waals surface area contributed by atoms with E-state index in [-0.39, 0.29) is 16.6 Å². The molecule has 0 radical (unpaired) electrons. The van der Waals surface area contributed by atoms with Gasteiger partial charge in [0.1, 0.15) is 17.2 Å². The summed E-state index contributed by atoms with van der Waals surface area (Å²) < 4.78 is 29.7. The second kappa shape index (κ2) is 6.96. The van der Waals surface area contributed by atoms with Gasteiger partial charge in [0.15, 0.2) is 0 Å². The van der Waals surface area contributed by atoms with Crippen LogP contribution >= 0.6 is 0 Å². The molecule has 2 aromatic carbocycles. The molecule has 0 amide bonds. The lowest BCUT2D eigenvalue weighted by Gasteiger charge is -2.08. The highest BCUT2D eigenvalue weighted by Crippen LogP contribution is 2.16. The van der Waals surface area contributed by atoms with Crippen LogP contribution in [0.2, 0.25) is 0 Å². The predicted octanol–water partition coefficient (Wildman–Crippen LogP) is 2.14. The summed E-state index contributed by atoms with van der Waals surface area (Å²) in [5, 5.41) is 6.12. The van der Waals surface area contributed by atoms with E-state index in [1.165, 1.54) is 6.20 Å². The fourth-order valence-electron chi connectivity index (χ4n) is 2.75. The van der Waals surface area contributed by atoms with Crippen molar-refractivity contribution < 1.29 is 8.78 Å². The molecule has 0 saturated heterocycles. The third-order valence-corrected chi connectivity index (χ3v) is 4.17. The van der Waals surface area contributed by atoms with E-state index in [9.17, 15) is 18.4 Å². The number of rotatable bonds is 2. The molecule has 2 N–H and O–H groups in total. The zero-order valence-electron chi connectivity index (χ0n) is 14.3. The number of nitrogens with one attached hydrogen (secondary N) is 2. The van der Waals surface area contributed by atoms with Crippen LogP contribution in [0.3, 0.4) is 0 Å². The van der Waals surface area contributed by atoms with Gasteiger partial charge in [-0.3, -0.25) is 14.5 Å². The zero-order chi connectivity index (χ0) is 19.7. The fraction of sp³-hybridized carbons (Fsp3) is 0.0500. The highest BCUT2D eigenvalue weighted by atomic mass is 19.1. The van der Waals surface area contributed by atoms with Crippen molar-refractivity contribution in [2.75, 3.05) is 0 Å². The minimum Gasteiger partial charge on any atom is -0.304 e. The highest BCUT2D eigenvalue weighted by molar-refractivity contribution is 5.71. The van der Waals surface area contributed by atoms with Crippen LogP contribution in [0.4, 0.5) is 8.78 Å². The summed E-state index contributed by atoms with van der Waals surface area (Å²) >= 11 is 0. The lowest BCUT2D eigenvalue weighted by Crippen LogP contribution is -2.35. The molecule has 0 bridgehead atoms. The van der Waals surface area contributed by atoms with Crippen molar-refractivity contribution in [1.82, 2.24) is 19.7 Å². The molecule has 4 rings (SSSR count). The molecule has 0 spiro atoms. The van der Waals surface area contributed by atoms with Crippen LogP contribution in [-0.2, 0) is 6.54 Å². The monoisotopic (exact) mass is 378 g/mol. The third-order valence-electron chi connectivity index (χ3n) is 4.17. The van der Waals surface area contributed by atoms with Gasteiger partial charge in [0.25, 0.3) is 5.56 Å². The molecule has 0 aliphatic rings. The first-order valence-electron chi connectivity index (χ1n) is 8.24. The Kier molecular flexibility index (Phi) is 4.33. The van der Waals surface area contributed by atoms with Crippen LogP contribution in [0.5, 0.6) is 0 Å². The van der Waals surface area contributed by atoms with Crippen LogP contribution in [0.1, 0.15) is 16.7 Å². The standard InChI is InChI=1S/C20H12F2N4O2/c21-15-8-13(7-6-12-4-2-1-3-5-12)9-16(22)14(15)11-26-19(27)18-17(10-23-25-18)24-20(26)28/h1-5,8-10H,11H2,(H,23,25)(H,24,28). The van der Waals surface area contributed by atoms with E-state index in [4.69, 9.17) is 0 Å². The molecule has 8 heteroatoms. The fourth-order valence-corrected chi connectivity index (χ4v) is 2.75. The molecule has 4 aromatic rings. The second-order valence-electron chi connectivity index (χ2n) is 6.01. The van der Waals surface area contributed by atoms with E-state index in [0.29, 0.717) is 10.1 Å². The number of benzene rings is 2. The van der Waals surface area contributed by atoms with Gasteiger partial charge in [-0.15, -0.1) is 0 Å². The molecule has 28 heavy (non-hydrogen) atoms. The highest BCUT2D eigenvalue weighted by Gasteiger charge is 2.16. The predicted molar refractivity (Wildman–Crippen MR) is 98.9 cm³/mol. The van der Waals surface area contributed by atoms with Crippen molar-refractivity contribution in [3.8, 4) is 11.8 Å². The average Bonchev–Trinajstić information content (AvgIpc) is 3.14. The molecule has 2 aromatic heterocycles. The molecular formula is C20H12F2N4O2. The van der Waals surface area contributed by atoms with Crippen molar-refractivity contribution in [2.24, 2.45) is 0 Å². The SMILES string of the molecule is O=c1[nH]c2cn[nH]c2c(=O)n1Cc1c(F)cc(C#Cc2ccccc2)cc1F. The summed E-state index contributed by atoms with van der Waals surface area (Å²) in [6.07, 6.45) is 1.28. The summed E-state index contributed by atoms with van der Waals surface area (Å²) in [7, 11) is 0. The number of aromatic nitrogens is 4. The first kappa shape index (κ1) is 17.4. The molecule has 0 unspecified atom stereocenters. The molecule has 0 fully saturated rings. The number of halogens is 2. The largest absolute Gasteiger partial charge is 0.329 e. The van der Waals surface area contributed by atoms with Crippen LogP contribution in [0.15, 0.2) is 58.3 Å². The quantitative estimate of drug-likeness (QED) is 0.524. The van der Waals surface area contributed by atoms with Crippen molar-refractivity contribution in [1.29, 1.82) is 0 Å². The Morgan fingerprint density at radius 1 is 1.00 bits per heavy atom. The molecule has 0 aliphatic heterocycles. The Bertz CT molecular complexity index is 1340.